The van der Waals surface area contributed by atoms with Crippen LogP contribution in [0.4, 0.5) is 0 Å². The van der Waals surface area contributed by atoms with Crippen LogP contribution in [0.1, 0.15) is 44.0 Å². The number of carbonyl (C=O) groups excluding carboxylic acids is 1. The Morgan fingerprint density at radius 3 is 2.29 bits per heavy atom. The Morgan fingerprint density at radius 1 is 1.24 bits per heavy atom. The summed E-state index contributed by atoms with van der Waals surface area (Å²) in [4.78, 5) is 13.0. The molecule has 1 rings (SSSR count). The minimum atomic E-state index is -1.16. The molecule has 0 amide bonds. The zero-order chi connectivity index (χ0) is 15.0. The molecule has 120 valence electrons. The molecule has 0 N–H and O–H groups in total. The van der Waals surface area contributed by atoms with Gasteiger partial charge in [-0.25, -0.2) is 0 Å². The Labute approximate surface area is 133 Å². The maximum Gasteiger partial charge on any atom is 0.119 e. The highest BCUT2D eigenvalue weighted by atomic mass is 35.5. The summed E-state index contributed by atoms with van der Waals surface area (Å²) in [6.07, 6.45) is 2.21. The Kier molecular flexibility index (Phi) is 9.84. The number of benzene rings is 1. The molecule has 5 heteroatoms. The molecule has 0 radical (unpaired) electrons. The quantitative estimate of drug-likeness (QED) is 0.702. The number of carbonyl (C=O) groups is 1. The molecule has 0 heterocycles. The van der Waals surface area contributed by atoms with Crippen LogP contribution < -0.4 is 9.84 Å². The van der Waals surface area contributed by atoms with E-state index in [1.165, 1.54) is 12.1 Å². The number of nitrogens with zero attached hydrogens (tertiary/aromatic N) is 1. The number of ether oxygens (including phenoxy) is 1. The summed E-state index contributed by atoms with van der Waals surface area (Å²) in [7, 11) is 0. The van der Waals surface area contributed by atoms with Gasteiger partial charge in [-0.1, -0.05) is 13.8 Å². The van der Waals surface area contributed by atoms with E-state index in [9.17, 15) is 9.90 Å². The van der Waals surface area contributed by atoms with Crippen LogP contribution in [0.25, 0.3) is 0 Å². The number of hydrogen-bond acceptors (Lipinski definition) is 4. The van der Waals surface area contributed by atoms with Gasteiger partial charge in [0.1, 0.15) is 5.75 Å². The van der Waals surface area contributed by atoms with Crippen LogP contribution in [0.2, 0.25) is 0 Å². The van der Waals surface area contributed by atoms with E-state index in [-0.39, 0.29) is 24.1 Å². The molecule has 1 atom stereocenters. The highest BCUT2D eigenvalue weighted by Gasteiger charge is 2.06. The molecule has 0 saturated carbocycles. The normalized spacial score (nSPS) is 11.8. The molecular weight excluding hydrogens is 290 g/mol. The Hall–Kier alpha value is -1.26. The topological polar surface area (TPSA) is 52.6 Å². The molecule has 0 aromatic heterocycles. The first-order chi connectivity index (χ1) is 9.56. The second kappa shape index (κ2) is 10.5. The molecule has 1 aromatic rings. The summed E-state index contributed by atoms with van der Waals surface area (Å²) in [5, 5.41) is 10.6. The number of halogens is 1. The van der Waals surface area contributed by atoms with Gasteiger partial charge in [0, 0.05) is 0 Å². The van der Waals surface area contributed by atoms with Crippen molar-refractivity contribution in [2.24, 2.45) is 0 Å². The van der Waals surface area contributed by atoms with Gasteiger partial charge in [-0.3, -0.25) is 0 Å². The summed E-state index contributed by atoms with van der Waals surface area (Å²) < 4.78 is 5.77. The zero-order valence-electron chi connectivity index (χ0n) is 13.0. The SMILES string of the molecule is CCN(CC)CCCC(C)Oc1ccc(C(=O)[O-])cc1.Cl. The molecule has 0 aliphatic heterocycles. The smallest absolute Gasteiger partial charge is 0.119 e. The lowest BCUT2D eigenvalue weighted by molar-refractivity contribution is -0.255. The number of aromatic carboxylic acids is 1. The van der Waals surface area contributed by atoms with Gasteiger partial charge in [-0.15, -0.1) is 12.4 Å². The standard InChI is InChI=1S/C16H25NO3.ClH/c1-4-17(5-2)12-6-7-13(3)20-15-10-8-14(9-11-15)16(18)19;/h8-11,13H,4-7,12H2,1-3H3,(H,18,19);1H/p-1. The van der Waals surface area contributed by atoms with Crippen molar-refractivity contribution in [3.63, 3.8) is 0 Å². The molecule has 0 aliphatic carbocycles. The third-order valence-corrected chi connectivity index (χ3v) is 3.41. The van der Waals surface area contributed by atoms with Crippen molar-refractivity contribution in [1.82, 2.24) is 4.90 Å². The summed E-state index contributed by atoms with van der Waals surface area (Å²) in [5.74, 6) is -0.464. The molecular formula is C16H25ClNO3-. The lowest BCUT2D eigenvalue weighted by Gasteiger charge is -2.20. The first-order valence-corrected chi connectivity index (χ1v) is 7.27. The van der Waals surface area contributed by atoms with Gasteiger partial charge in [0.2, 0.25) is 0 Å². The highest BCUT2D eigenvalue weighted by molar-refractivity contribution is 5.86. The third kappa shape index (κ3) is 7.34. The van der Waals surface area contributed by atoms with E-state index in [1.54, 1.807) is 12.1 Å². The molecule has 1 unspecified atom stereocenters. The first-order valence-electron chi connectivity index (χ1n) is 7.27. The minimum Gasteiger partial charge on any atom is -0.545 e. The van der Waals surface area contributed by atoms with Crippen LogP contribution in [0.3, 0.4) is 0 Å². The average Bonchev–Trinajstić information content (AvgIpc) is 2.44. The van der Waals surface area contributed by atoms with Gasteiger partial charge in [-0.2, -0.15) is 0 Å². The third-order valence-electron chi connectivity index (χ3n) is 3.41. The monoisotopic (exact) mass is 314 g/mol. The van der Waals surface area contributed by atoms with Crippen LogP contribution in [0.15, 0.2) is 24.3 Å². The van der Waals surface area contributed by atoms with Crippen molar-refractivity contribution < 1.29 is 14.6 Å². The fourth-order valence-electron chi connectivity index (χ4n) is 2.10. The van der Waals surface area contributed by atoms with Crippen molar-refractivity contribution >= 4 is 18.4 Å². The molecule has 0 aliphatic rings. The van der Waals surface area contributed by atoms with Crippen molar-refractivity contribution in [1.29, 1.82) is 0 Å². The summed E-state index contributed by atoms with van der Waals surface area (Å²) in [6, 6.07) is 6.36. The zero-order valence-corrected chi connectivity index (χ0v) is 13.8. The van der Waals surface area contributed by atoms with Gasteiger partial charge >= 0.3 is 0 Å². The number of carboxylic acids is 1. The maximum atomic E-state index is 10.6. The second-order valence-electron chi connectivity index (χ2n) is 4.91. The molecule has 0 fully saturated rings. The number of rotatable bonds is 9. The van der Waals surface area contributed by atoms with E-state index in [2.05, 4.69) is 18.7 Å². The van der Waals surface area contributed by atoms with Gasteiger partial charge < -0.3 is 19.5 Å². The van der Waals surface area contributed by atoms with E-state index in [4.69, 9.17) is 4.74 Å². The van der Waals surface area contributed by atoms with Gasteiger partial charge in [-0.05, 0) is 69.2 Å². The largest absolute Gasteiger partial charge is 0.545 e. The van der Waals surface area contributed by atoms with Crippen molar-refractivity contribution in [3.05, 3.63) is 29.8 Å². The molecule has 0 spiro atoms. The summed E-state index contributed by atoms with van der Waals surface area (Å²) >= 11 is 0. The molecule has 0 saturated heterocycles. The highest BCUT2D eigenvalue weighted by Crippen LogP contribution is 2.15. The molecule has 21 heavy (non-hydrogen) atoms. The fourth-order valence-corrected chi connectivity index (χ4v) is 2.10. The Bertz CT molecular complexity index is 404. The van der Waals surface area contributed by atoms with Crippen LogP contribution in [0.5, 0.6) is 5.75 Å². The van der Waals surface area contributed by atoms with Gasteiger partial charge in [0.05, 0.1) is 12.1 Å². The average molecular weight is 315 g/mol. The predicted octanol–water partition coefficient (Wildman–Crippen LogP) is 2.36. The number of hydrogen-bond donors (Lipinski definition) is 0. The van der Waals surface area contributed by atoms with Crippen LogP contribution >= 0.6 is 12.4 Å². The van der Waals surface area contributed by atoms with E-state index in [0.717, 1.165) is 32.5 Å². The van der Waals surface area contributed by atoms with Crippen molar-refractivity contribution in [3.8, 4) is 5.75 Å². The molecule has 4 nitrogen and oxygen atoms in total. The Balaban J connectivity index is 0.00000400. The van der Waals surface area contributed by atoms with E-state index in [1.807, 2.05) is 6.92 Å². The molecule has 0 bridgehead atoms. The second-order valence-corrected chi connectivity index (χ2v) is 4.91. The van der Waals surface area contributed by atoms with Crippen LogP contribution in [-0.4, -0.2) is 36.6 Å². The lowest BCUT2D eigenvalue weighted by atomic mass is 10.2. The minimum absolute atomic E-state index is 0. The van der Waals surface area contributed by atoms with E-state index in [0.29, 0.717) is 5.75 Å². The van der Waals surface area contributed by atoms with E-state index < -0.39 is 5.97 Å². The van der Waals surface area contributed by atoms with Gasteiger partial charge in [0.25, 0.3) is 0 Å². The Morgan fingerprint density at radius 2 is 1.81 bits per heavy atom. The van der Waals surface area contributed by atoms with Crippen LogP contribution in [-0.2, 0) is 0 Å². The lowest BCUT2D eigenvalue weighted by Crippen LogP contribution is -2.25. The molecule has 1 aromatic carbocycles. The first kappa shape index (κ1) is 19.7. The predicted molar refractivity (Wildman–Crippen MR) is 85.1 cm³/mol. The van der Waals surface area contributed by atoms with Crippen molar-refractivity contribution in [2.75, 3.05) is 19.6 Å². The summed E-state index contributed by atoms with van der Waals surface area (Å²) in [5.41, 5.74) is 0.173. The maximum absolute atomic E-state index is 10.6. The number of carboxylic acid groups (broad SMARTS) is 1. The van der Waals surface area contributed by atoms with Crippen molar-refractivity contribution in [2.45, 2.75) is 39.7 Å². The van der Waals surface area contributed by atoms with E-state index >= 15 is 0 Å². The van der Waals surface area contributed by atoms with Gasteiger partial charge in [0.15, 0.2) is 0 Å². The fraction of sp³-hybridized carbons (Fsp3) is 0.562. The van der Waals surface area contributed by atoms with Crippen LogP contribution in [0, 0.1) is 0 Å². The summed E-state index contributed by atoms with van der Waals surface area (Å²) in [6.45, 7) is 9.62.